The van der Waals surface area contributed by atoms with Gasteiger partial charge in [0.1, 0.15) is 6.04 Å². The summed E-state index contributed by atoms with van der Waals surface area (Å²) in [4.78, 5) is 24.9. The Labute approximate surface area is 149 Å². The zero-order valence-electron chi connectivity index (χ0n) is 15.3. The van der Waals surface area contributed by atoms with Gasteiger partial charge in [-0.25, -0.2) is 0 Å². The average Bonchev–Trinajstić information content (AvgIpc) is 2.59. The van der Waals surface area contributed by atoms with Crippen LogP contribution < -0.4 is 10.6 Å². The highest BCUT2D eigenvalue weighted by Gasteiger charge is 2.24. The summed E-state index contributed by atoms with van der Waals surface area (Å²) in [5.41, 5.74) is 3.86. The first-order valence-corrected chi connectivity index (χ1v) is 8.57. The van der Waals surface area contributed by atoms with Gasteiger partial charge < -0.3 is 10.6 Å². The van der Waals surface area contributed by atoms with E-state index >= 15 is 0 Å². The third-order valence-electron chi connectivity index (χ3n) is 4.14. The van der Waals surface area contributed by atoms with Crippen LogP contribution >= 0.6 is 0 Å². The van der Waals surface area contributed by atoms with Crippen LogP contribution in [0.5, 0.6) is 0 Å². The Kier molecular flexibility index (Phi) is 6.34. The molecule has 0 bridgehead atoms. The lowest BCUT2D eigenvalue weighted by atomic mass is 10.0. The standard InChI is InChI=1S/C21H26N2O2/c1-14(2)19(23-20(24)18-11-7-16(4)8-12-18)21(25)22-13-17-9-5-15(3)6-10-17/h5-12,14,19H,13H2,1-4H3,(H,22,25)(H,23,24)/t19-/m1/s1. The summed E-state index contributed by atoms with van der Waals surface area (Å²) in [6, 6.07) is 14.8. The summed E-state index contributed by atoms with van der Waals surface area (Å²) < 4.78 is 0. The number of carbonyl (C=O) groups is 2. The molecule has 1 atom stereocenters. The second-order valence-electron chi connectivity index (χ2n) is 6.76. The lowest BCUT2D eigenvalue weighted by Crippen LogP contribution is -2.49. The predicted molar refractivity (Wildman–Crippen MR) is 100 cm³/mol. The van der Waals surface area contributed by atoms with Crippen LogP contribution in [-0.4, -0.2) is 17.9 Å². The lowest BCUT2D eigenvalue weighted by Gasteiger charge is -2.22. The minimum absolute atomic E-state index is 0.00702. The molecular weight excluding hydrogens is 312 g/mol. The third-order valence-corrected chi connectivity index (χ3v) is 4.14. The van der Waals surface area contributed by atoms with Gasteiger partial charge in [0.25, 0.3) is 5.91 Å². The van der Waals surface area contributed by atoms with E-state index < -0.39 is 6.04 Å². The highest BCUT2D eigenvalue weighted by Crippen LogP contribution is 2.08. The Morgan fingerprint density at radius 3 is 1.92 bits per heavy atom. The highest BCUT2D eigenvalue weighted by molar-refractivity contribution is 5.97. The van der Waals surface area contributed by atoms with Crippen molar-refractivity contribution in [3.63, 3.8) is 0 Å². The average molecular weight is 338 g/mol. The summed E-state index contributed by atoms with van der Waals surface area (Å²) in [7, 11) is 0. The molecule has 0 aliphatic carbocycles. The Bertz CT molecular complexity index is 719. The van der Waals surface area contributed by atoms with Crippen molar-refractivity contribution >= 4 is 11.8 Å². The zero-order valence-corrected chi connectivity index (χ0v) is 15.3. The van der Waals surface area contributed by atoms with Crippen molar-refractivity contribution in [1.29, 1.82) is 0 Å². The van der Waals surface area contributed by atoms with Crippen LogP contribution in [0.1, 0.15) is 40.9 Å². The van der Waals surface area contributed by atoms with Crippen LogP contribution in [0.25, 0.3) is 0 Å². The Morgan fingerprint density at radius 1 is 0.880 bits per heavy atom. The van der Waals surface area contributed by atoms with Crippen LogP contribution in [0.2, 0.25) is 0 Å². The van der Waals surface area contributed by atoms with Gasteiger partial charge in [-0.05, 0) is 37.5 Å². The van der Waals surface area contributed by atoms with Gasteiger partial charge in [0.05, 0.1) is 0 Å². The summed E-state index contributed by atoms with van der Waals surface area (Å²) in [6.45, 7) is 8.29. The van der Waals surface area contributed by atoms with Gasteiger partial charge >= 0.3 is 0 Å². The fraction of sp³-hybridized carbons (Fsp3) is 0.333. The zero-order chi connectivity index (χ0) is 18.4. The van der Waals surface area contributed by atoms with Crippen LogP contribution in [0, 0.1) is 19.8 Å². The fourth-order valence-corrected chi connectivity index (χ4v) is 2.47. The number of hydrogen-bond donors (Lipinski definition) is 2. The van der Waals surface area contributed by atoms with E-state index in [1.807, 2.05) is 64.1 Å². The molecule has 2 aromatic carbocycles. The predicted octanol–water partition coefficient (Wildman–Crippen LogP) is 3.37. The van der Waals surface area contributed by atoms with Crippen LogP contribution in [0.3, 0.4) is 0 Å². The maximum Gasteiger partial charge on any atom is 0.251 e. The van der Waals surface area contributed by atoms with E-state index in [9.17, 15) is 9.59 Å². The van der Waals surface area contributed by atoms with E-state index in [1.54, 1.807) is 12.1 Å². The number of rotatable bonds is 6. The van der Waals surface area contributed by atoms with Gasteiger partial charge in [-0.1, -0.05) is 61.4 Å². The molecule has 0 unspecified atom stereocenters. The molecule has 4 heteroatoms. The van der Waals surface area contributed by atoms with E-state index in [-0.39, 0.29) is 17.7 Å². The molecule has 2 amide bonds. The molecule has 0 spiro atoms. The monoisotopic (exact) mass is 338 g/mol. The highest BCUT2D eigenvalue weighted by atomic mass is 16.2. The van der Waals surface area contributed by atoms with Crippen molar-refractivity contribution in [3.05, 3.63) is 70.8 Å². The van der Waals surface area contributed by atoms with Crippen LogP contribution in [0.4, 0.5) is 0 Å². The molecule has 0 aromatic heterocycles. The number of hydrogen-bond acceptors (Lipinski definition) is 2. The number of carbonyl (C=O) groups excluding carboxylic acids is 2. The minimum atomic E-state index is -0.570. The van der Waals surface area contributed by atoms with Crippen LogP contribution in [0.15, 0.2) is 48.5 Å². The van der Waals surface area contributed by atoms with Gasteiger partial charge in [-0.3, -0.25) is 9.59 Å². The number of benzene rings is 2. The normalized spacial score (nSPS) is 11.9. The molecule has 0 aliphatic heterocycles. The van der Waals surface area contributed by atoms with Crippen molar-refractivity contribution in [2.24, 2.45) is 5.92 Å². The Hall–Kier alpha value is -2.62. The number of amides is 2. The van der Waals surface area contributed by atoms with E-state index in [0.717, 1.165) is 11.1 Å². The summed E-state index contributed by atoms with van der Waals surface area (Å²) >= 11 is 0. The molecule has 0 aliphatic rings. The van der Waals surface area contributed by atoms with Crippen molar-refractivity contribution in [1.82, 2.24) is 10.6 Å². The lowest BCUT2D eigenvalue weighted by molar-refractivity contribution is -0.124. The fourth-order valence-electron chi connectivity index (χ4n) is 2.47. The molecule has 0 saturated heterocycles. The maximum absolute atomic E-state index is 12.5. The minimum Gasteiger partial charge on any atom is -0.350 e. The van der Waals surface area contributed by atoms with Crippen LogP contribution in [-0.2, 0) is 11.3 Å². The van der Waals surface area contributed by atoms with Gasteiger partial charge in [-0.15, -0.1) is 0 Å². The molecule has 0 fully saturated rings. The van der Waals surface area contributed by atoms with E-state index in [1.165, 1.54) is 5.56 Å². The molecule has 0 saturated carbocycles. The summed E-state index contributed by atoms with van der Waals surface area (Å²) in [5, 5.41) is 5.76. The van der Waals surface area contributed by atoms with Gasteiger partial charge in [-0.2, -0.15) is 0 Å². The summed E-state index contributed by atoms with van der Waals surface area (Å²) in [6.07, 6.45) is 0. The molecule has 2 rings (SSSR count). The topological polar surface area (TPSA) is 58.2 Å². The van der Waals surface area contributed by atoms with Crippen molar-refractivity contribution in [2.45, 2.75) is 40.3 Å². The molecule has 2 aromatic rings. The number of nitrogens with one attached hydrogen (secondary N) is 2. The van der Waals surface area contributed by atoms with E-state index in [0.29, 0.717) is 12.1 Å². The Morgan fingerprint density at radius 2 is 1.40 bits per heavy atom. The molecule has 0 heterocycles. The van der Waals surface area contributed by atoms with Crippen molar-refractivity contribution in [3.8, 4) is 0 Å². The largest absolute Gasteiger partial charge is 0.350 e. The third kappa shape index (κ3) is 5.45. The second kappa shape index (κ2) is 8.47. The molecule has 0 radical (unpaired) electrons. The number of aryl methyl sites for hydroxylation is 2. The first-order chi connectivity index (χ1) is 11.9. The van der Waals surface area contributed by atoms with Gasteiger partial charge in [0, 0.05) is 12.1 Å². The maximum atomic E-state index is 12.5. The second-order valence-corrected chi connectivity index (χ2v) is 6.76. The Balaban J connectivity index is 1.98. The smallest absolute Gasteiger partial charge is 0.251 e. The van der Waals surface area contributed by atoms with Crippen molar-refractivity contribution in [2.75, 3.05) is 0 Å². The van der Waals surface area contributed by atoms with Crippen molar-refractivity contribution < 1.29 is 9.59 Å². The molecular formula is C21H26N2O2. The SMILES string of the molecule is Cc1ccc(CNC(=O)[C@H](NC(=O)c2ccc(C)cc2)C(C)C)cc1. The first-order valence-electron chi connectivity index (χ1n) is 8.57. The molecule has 25 heavy (non-hydrogen) atoms. The molecule has 2 N–H and O–H groups in total. The molecule has 132 valence electrons. The summed E-state index contributed by atoms with van der Waals surface area (Å²) in [5.74, 6) is -0.410. The molecule has 4 nitrogen and oxygen atoms in total. The van der Waals surface area contributed by atoms with E-state index in [2.05, 4.69) is 10.6 Å². The van der Waals surface area contributed by atoms with Gasteiger partial charge in [0.2, 0.25) is 5.91 Å². The first kappa shape index (κ1) is 18.7. The van der Waals surface area contributed by atoms with E-state index in [4.69, 9.17) is 0 Å². The quantitative estimate of drug-likeness (QED) is 0.848. The van der Waals surface area contributed by atoms with Gasteiger partial charge in [0.15, 0.2) is 0 Å².